The maximum absolute atomic E-state index is 11.1. The summed E-state index contributed by atoms with van der Waals surface area (Å²) in [6, 6.07) is 5.39. The van der Waals surface area contributed by atoms with Crippen molar-refractivity contribution in [2.75, 3.05) is 0 Å². The third kappa shape index (κ3) is 4.33. The van der Waals surface area contributed by atoms with E-state index in [0.717, 1.165) is 20.2 Å². The molecular formula is C10H8BrClO2S2. The molecule has 1 rings (SSSR count). The zero-order valence-corrected chi connectivity index (χ0v) is 12.0. The van der Waals surface area contributed by atoms with Gasteiger partial charge in [0.25, 0.3) is 0 Å². The zero-order chi connectivity index (χ0) is 12.2. The Morgan fingerprint density at radius 1 is 1.44 bits per heavy atom. The molecule has 1 aromatic rings. The van der Waals surface area contributed by atoms with Crippen LogP contribution in [0.5, 0.6) is 0 Å². The van der Waals surface area contributed by atoms with Crippen molar-refractivity contribution in [2.45, 2.75) is 4.90 Å². The predicted octanol–water partition coefficient (Wildman–Crippen LogP) is 4.22. The van der Waals surface area contributed by atoms with Crippen LogP contribution < -0.4 is 0 Å². The quantitative estimate of drug-likeness (QED) is 0.770. The summed E-state index contributed by atoms with van der Waals surface area (Å²) < 4.78 is 23.0. The molecule has 0 atom stereocenters. The number of hydrogen-bond acceptors (Lipinski definition) is 3. The Labute approximate surface area is 112 Å². The van der Waals surface area contributed by atoms with Gasteiger partial charge in [0.1, 0.15) is 0 Å². The van der Waals surface area contributed by atoms with E-state index in [1.54, 1.807) is 6.07 Å². The summed E-state index contributed by atoms with van der Waals surface area (Å²) in [5.74, 6) is 0. The minimum Gasteiger partial charge on any atom is -0.220 e. The molecule has 0 heterocycles. The Balaban J connectivity index is 2.80. The molecule has 0 radical (unpaired) electrons. The average molecular weight is 340 g/mol. The van der Waals surface area contributed by atoms with Crippen molar-refractivity contribution in [1.29, 1.82) is 0 Å². The molecule has 0 aromatic heterocycles. The molecule has 0 saturated carbocycles. The smallest absolute Gasteiger partial charge is 0.192 e. The van der Waals surface area contributed by atoms with Crippen LogP contribution in [0.25, 0.3) is 0 Å². The van der Waals surface area contributed by atoms with Gasteiger partial charge in [-0.15, -0.1) is 0 Å². The highest BCUT2D eigenvalue weighted by Gasteiger charge is 2.01. The summed E-state index contributed by atoms with van der Waals surface area (Å²) in [5.41, 5.74) is 0. The molecule has 0 fully saturated rings. The van der Waals surface area contributed by atoms with Crippen molar-refractivity contribution < 1.29 is 8.42 Å². The number of thioether (sulfide) groups is 1. The number of benzene rings is 1. The van der Waals surface area contributed by atoms with E-state index in [0.29, 0.717) is 5.02 Å². The zero-order valence-electron chi connectivity index (χ0n) is 8.06. The molecule has 6 heteroatoms. The standard InChI is InChI=1S/C10H8BrClO2S2/c1-2-16(13,14)6-5-15-10-4-3-8(11)7-9(10)12/h2-7H,1H2. The molecule has 0 aliphatic rings. The second kappa shape index (κ2) is 5.91. The van der Waals surface area contributed by atoms with Crippen molar-refractivity contribution in [3.8, 4) is 0 Å². The van der Waals surface area contributed by atoms with Crippen LogP contribution in [0, 0.1) is 0 Å². The molecule has 0 unspecified atom stereocenters. The Bertz CT molecular complexity index is 524. The fraction of sp³-hybridized carbons (Fsp3) is 0. The minimum atomic E-state index is -3.30. The molecule has 1 aromatic carbocycles. The second-order valence-corrected chi connectivity index (χ2v) is 6.77. The monoisotopic (exact) mass is 338 g/mol. The fourth-order valence-corrected chi connectivity index (χ4v) is 3.03. The van der Waals surface area contributed by atoms with E-state index in [-0.39, 0.29) is 0 Å². The van der Waals surface area contributed by atoms with Crippen LogP contribution in [-0.2, 0) is 9.84 Å². The van der Waals surface area contributed by atoms with E-state index in [2.05, 4.69) is 22.5 Å². The molecule has 0 saturated heterocycles. The van der Waals surface area contributed by atoms with E-state index in [9.17, 15) is 8.42 Å². The minimum absolute atomic E-state index is 0.569. The lowest BCUT2D eigenvalue weighted by atomic mass is 10.4. The normalized spacial score (nSPS) is 11.9. The van der Waals surface area contributed by atoms with Crippen LogP contribution in [-0.4, -0.2) is 8.42 Å². The van der Waals surface area contributed by atoms with E-state index in [1.807, 2.05) is 12.1 Å². The van der Waals surface area contributed by atoms with Gasteiger partial charge in [0.05, 0.1) is 5.02 Å². The first-order valence-corrected chi connectivity index (χ1v) is 7.76. The van der Waals surface area contributed by atoms with Crippen LogP contribution >= 0.6 is 39.3 Å². The van der Waals surface area contributed by atoms with E-state index < -0.39 is 9.84 Å². The summed E-state index contributed by atoms with van der Waals surface area (Å²) in [4.78, 5) is 0.792. The van der Waals surface area contributed by atoms with Crippen LogP contribution in [0.2, 0.25) is 5.02 Å². The van der Waals surface area contributed by atoms with Gasteiger partial charge in [-0.2, -0.15) is 0 Å². The molecule has 0 amide bonds. The highest BCUT2D eigenvalue weighted by molar-refractivity contribution is 9.10. The van der Waals surface area contributed by atoms with E-state index >= 15 is 0 Å². The lowest BCUT2D eigenvalue weighted by Gasteiger charge is -2.00. The first-order valence-electron chi connectivity index (χ1n) is 4.10. The van der Waals surface area contributed by atoms with Gasteiger partial charge in [-0.1, -0.05) is 45.9 Å². The van der Waals surface area contributed by atoms with E-state index in [4.69, 9.17) is 11.6 Å². The molecule has 0 bridgehead atoms. The molecule has 16 heavy (non-hydrogen) atoms. The summed E-state index contributed by atoms with van der Waals surface area (Å²) in [6.07, 6.45) is 0. The summed E-state index contributed by atoms with van der Waals surface area (Å²) in [6.45, 7) is 3.21. The maximum atomic E-state index is 11.1. The highest BCUT2D eigenvalue weighted by atomic mass is 79.9. The first-order chi connectivity index (χ1) is 7.44. The van der Waals surface area contributed by atoms with Gasteiger partial charge in [0.2, 0.25) is 0 Å². The van der Waals surface area contributed by atoms with Gasteiger partial charge in [0, 0.05) is 20.2 Å². The fourth-order valence-electron chi connectivity index (χ4n) is 0.805. The Morgan fingerprint density at radius 2 is 2.12 bits per heavy atom. The molecule has 0 aliphatic heterocycles. The van der Waals surface area contributed by atoms with Crippen molar-refractivity contribution in [2.24, 2.45) is 0 Å². The first kappa shape index (κ1) is 13.8. The van der Waals surface area contributed by atoms with Gasteiger partial charge < -0.3 is 0 Å². The van der Waals surface area contributed by atoms with Crippen LogP contribution in [0.1, 0.15) is 0 Å². The number of sulfone groups is 1. The largest absolute Gasteiger partial charge is 0.220 e. The van der Waals surface area contributed by atoms with Gasteiger partial charge in [-0.3, -0.25) is 0 Å². The molecule has 86 valence electrons. The average Bonchev–Trinajstić information content (AvgIpc) is 2.21. The lowest BCUT2D eigenvalue weighted by molar-refractivity contribution is 0.613. The number of halogens is 2. The number of hydrogen-bond donors (Lipinski definition) is 0. The molecule has 0 N–H and O–H groups in total. The SMILES string of the molecule is C=CS(=O)(=O)C=CSc1ccc(Br)cc1Cl. The van der Waals surface area contributed by atoms with Crippen molar-refractivity contribution >= 4 is 49.1 Å². The summed E-state index contributed by atoms with van der Waals surface area (Å²) in [7, 11) is -3.30. The molecule has 0 aliphatic carbocycles. The molecule has 2 nitrogen and oxygen atoms in total. The summed E-state index contributed by atoms with van der Waals surface area (Å²) >= 11 is 10.5. The van der Waals surface area contributed by atoms with Crippen LogP contribution in [0.4, 0.5) is 0 Å². The predicted molar refractivity (Wildman–Crippen MR) is 73.3 cm³/mol. The van der Waals surface area contributed by atoms with Gasteiger partial charge in [0.15, 0.2) is 9.84 Å². The number of rotatable bonds is 4. The van der Waals surface area contributed by atoms with Crippen molar-refractivity contribution in [3.63, 3.8) is 0 Å². The van der Waals surface area contributed by atoms with Gasteiger partial charge >= 0.3 is 0 Å². The molecule has 0 spiro atoms. The third-order valence-electron chi connectivity index (χ3n) is 1.57. The summed E-state index contributed by atoms with van der Waals surface area (Å²) in [5, 5.41) is 4.02. The van der Waals surface area contributed by atoms with Gasteiger partial charge in [-0.05, 0) is 23.6 Å². The highest BCUT2D eigenvalue weighted by Crippen LogP contribution is 2.30. The van der Waals surface area contributed by atoms with Crippen LogP contribution in [0.15, 0.2) is 50.4 Å². The van der Waals surface area contributed by atoms with E-state index in [1.165, 1.54) is 17.2 Å². The van der Waals surface area contributed by atoms with Crippen molar-refractivity contribution in [3.05, 3.63) is 50.5 Å². The lowest BCUT2D eigenvalue weighted by Crippen LogP contribution is -1.85. The van der Waals surface area contributed by atoms with Crippen LogP contribution in [0.3, 0.4) is 0 Å². The second-order valence-electron chi connectivity index (χ2n) is 2.72. The Morgan fingerprint density at radius 3 is 2.69 bits per heavy atom. The Kier molecular flexibility index (Phi) is 5.11. The topological polar surface area (TPSA) is 34.1 Å². The third-order valence-corrected chi connectivity index (χ3v) is 4.52. The van der Waals surface area contributed by atoms with Gasteiger partial charge in [-0.25, -0.2) is 8.42 Å². The van der Waals surface area contributed by atoms with Crippen molar-refractivity contribution in [1.82, 2.24) is 0 Å². The Hall–Kier alpha value is -0.230. The maximum Gasteiger partial charge on any atom is 0.192 e. The molecular weight excluding hydrogens is 332 g/mol.